The minimum absolute atomic E-state index is 0.0649. The summed E-state index contributed by atoms with van der Waals surface area (Å²) in [7, 11) is 0. The van der Waals surface area contributed by atoms with Crippen LogP contribution in [0, 0.1) is 5.82 Å². The summed E-state index contributed by atoms with van der Waals surface area (Å²) in [6.45, 7) is 0.368. The number of amides is 1. The normalized spacial score (nSPS) is 14.9. The van der Waals surface area contributed by atoms with Gasteiger partial charge in [0.25, 0.3) is 5.91 Å². The van der Waals surface area contributed by atoms with Crippen LogP contribution < -0.4 is 15.1 Å². The van der Waals surface area contributed by atoms with E-state index >= 15 is 0 Å². The predicted octanol–water partition coefficient (Wildman–Crippen LogP) is 5.72. The van der Waals surface area contributed by atoms with Gasteiger partial charge in [-0.05, 0) is 41.5 Å². The SMILES string of the molecule is O=C1c2oc3ccc(F)cc3c(=O)c2C(c2cccc(OCc3ccccc3)c2)N1c1nccs1. The van der Waals surface area contributed by atoms with Crippen molar-refractivity contribution >= 4 is 33.3 Å². The molecule has 0 N–H and O–H groups in total. The average molecular weight is 485 g/mol. The van der Waals surface area contributed by atoms with Crippen LogP contribution in [-0.4, -0.2) is 10.9 Å². The van der Waals surface area contributed by atoms with Crippen molar-refractivity contribution in [2.75, 3.05) is 4.90 Å². The van der Waals surface area contributed by atoms with Crippen molar-refractivity contribution in [2.24, 2.45) is 0 Å². The van der Waals surface area contributed by atoms with Gasteiger partial charge in [-0.3, -0.25) is 14.5 Å². The molecule has 0 fully saturated rings. The number of benzene rings is 3. The summed E-state index contributed by atoms with van der Waals surface area (Å²) in [5, 5.41) is 2.26. The fourth-order valence-electron chi connectivity index (χ4n) is 4.31. The second kappa shape index (κ2) is 8.48. The number of nitrogens with zero attached hydrogens (tertiary/aromatic N) is 2. The van der Waals surface area contributed by atoms with Crippen molar-refractivity contribution in [2.45, 2.75) is 12.6 Å². The monoisotopic (exact) mass is 484 g/mol. The molecule has 35 heavy (non-hydrogen) atoms. The highest BCUT2D eigenvalue weighted by molar-refractivity contribution is 7.13. The minimum atomic E-state index is -0.798. The quantitative estimate of drug-likeness (QED) is 0.319. The number of rotatable bonds is 5. The van der Waals surface area contributed by atoms with Crippen molar-refractivity contribution in [1.29, 1.82) is 0 Å². The minimum Gasteiger partial charge on any atom is -0.489 e. The third kappa shape index (κ3) is 3.68. The molecule has 1 aliphatic rings. The molecule has 1 atom stereocenters. The van der Waals surface area contributed by atoms with Gasteiger partial charge in [0.1, 0.15) is 23.8 Å². The number of hydrogen-bond donors (Lipinski definition) is 0. The first-order valence-electron chi connectivity index (χ1n) is 10.9. The Hall–Kier alpha value is -4.30. The van der Waals surface area contributed by atoms with Crippen molar-refractivity contribution in [1.82, 2.24) is 4.98 Å². The van der Waals surface area contributed by atoms with Crippen LogP contribution in [0.2, 0.25) is 0 Å². The first-order chi connectivity index (χ1) is 17.1. The van der Waals surface area contributed by atoms with E-state index in [4.69, 9.17) is 9.15 Å². The zero-order valence-electron chi connectivity index (χ0n) is 18.2. The fourth-order valence-corrected chi connectivity index (χ4v) is 4.98. The molecular weight excluding hydrogens is 467 g/mol. The molecule has 0 spiro atoms. The van der Waals surface area contributed by atoms with Gasteiger partial charge in [0, 0.05) is 11.6 Å². The second-order valence-corrected chi connectivity index (χ2v) is 8.93. The van der Waals surface area contributed by atoms with Crippen LogP contribution in [-0.2, 0) is 6.61 Å². The fraction of sp³-hybridized carbons (Fsp3) is 0.0741. The molecule has 172 valence electrons. The Balaban J connectivity index is 1.48. The largest absolute Gasteiger partial charge is 0.489 e. The Morgan fingerprint density at radius 2 is 1.89 bits per heavy atom. The van der Waals surface area contributed by atoms with E-state index in [2.05, 4.69) is 4.98 Å². The number of halogens is 1. The highest BCUT2D eigenvalue weighted by Crippen LogP contribution is 2.42. The second-order valence-electron chi connectivity index (χ2n) is 8.05. The molecule has 0 bridgehead atoms. The third-order valence-electron chi connectivity index (χ3n) is 5.88. The first kappa shape index (κ1) is 21.2. The molecule has 1 unspecified atom stereocenters. The van der Waals surface area contributed by atoms with Crippen LogP contribution in [0.1, 0.15) is 33.3 Å². The van der Waals surface area contributed by atoms with Gasteiger partial charge in [0.2, 0.25) is 5.76 Å². The van der Waals surface area contributed by atoms with Gasteiger partial charge in [0.15, 0.2) is 10.6 Å². The van der Waals surface area contributed by atoms with Gasteiger partial charge < -0.3 is 9.15 Å². The predicted molar refractivity (Wildman–Crippen MR) is 130 cm³/mol. The number of anilines is 1. The topological polar surface area (TPSA) is 72.6 Å². The van der Waals surface area contributed by atoms with E-state index in [0.717, 1.165) is 11.6 Å². The number of ether oxygens (including phenoxy) is 1. The van der Waals surface area contributed by atoms with Crippen LogP contribution >= 0.6 is 11.3 Å². The Labute approximate surface area is 202 Å². The summed E-state index contributed by atoms with van der Waals surface area (Å²) in [6, 6.07) is 19.9. The molecule has 0 saturated carbocycles. The van der Waals surface area contributed by atoms with E-state index in [1.807, 2.05) is 42.5 Å². The summed E-state index contributed by atoms with van der Waals surface area (Å²) in [6.07, 6.45) is 1.59. The molecule has 3 aromatic carbocycles. The molecule has 6 nitrogen and oxygen atoms in total. The molecule has 8 heteroatoms. The number of carbonyl (C=O) groups is 1. The van der Waals surface area contributed by atoms with Gasteiger partial charge in [-0.2, -0.15) is 0 Å². The van der Waals surface area contributed by atoms with E-state index in [9.17, 15) is 14.0 Å². The molecular formula is C27H17FN2O4S. The molecule has 2 aromatic heterocycles. The zero-order valence-corrected chi connectivity index (χ0v) is 19.0. The van der Waals surface area contributed by atoms with Crippen molar-refractivity contribution < 1.29 is 18.3 Å². The van der Waals surface area contributed by atoms with Crippen LogP contribution in [0.5, 0.6) is 5.75 Å². The number of hydrogen-bond acceptors (Lipinski definition) is 6. The number of aromatic nitrogens is 1. The number of thiazole rings is 1. The average Bonchev–Trinajstić information content (AvgIpc) is 3.51. The van der Waals surface area contributed by atoms with Crippen molar-refractivity contribution in [3.05, 3.63) is 123 Å². The summed E-state index contributed by atoms with van der Waals surface area (Å²) in [4.78, 5) is 32.8. The molecule has 3 heterocycles. The zero-order chi connectivity index (χ0) is 23.9. The Bertz CT molecular complexity index is 1620. The molecule has 1 aliphatic heterocycles. The van der Waals surface area contributed by atoms with Crippen LogP contribution in [0.4, 0.5) is 9.52 Å². The molecule has 6 rings (SSSR count). The lowest BCUT2D eigenvalue weighted by atomic mass is 9.98. The van der Waals surface area contributed by atoms with Crippen LogP contribution in [0.3, 0.4) is 0 Å². The van der Waals surface area contributed by atoms with E-state index in [1.54, 1.807) is 23.7 Å². The third-order valence-corrected chi connectivity index (χ3v) is 6.65. The summed E-state index contributed by atoms with van der Waals surface area (Å²) < 4.78 is 25.8. The standard InChI is InChI=1S/C27H17FN2O4S/c28-18-9-10-21-20(14-18)24(31)22-23(30(26(32)25(22)34-21)27-29-11-12-35-27)17-7-4-8-19(13-17)33-15-16-5-2-1-3-6-16/h1-14,23H,15H2. The van der Waals surface area contributed by atoms with Crippen molar-refractivity contribution in [3.8, 4) is 5.75 Å². The van der Waals surface area contributed by atoms with Gasteiger partial charge in [-0.25, -0.2) is 9.37 Å². The van der Waals surface area contributed by atoms with Crippen LogP contribution in [0.25, 0.3) is 11.0 Å². The van der Waals surface area contributed by atoms with Gasteiger partial charge in [-0.1, -0.05) is 42.5 Å². The van der Waals surface area contributed by atoms with Crippen LogP contribution in [0.15, 0.2) is 93.6 Å². The first-order valence-corrected chi connectivity index (χ1v) is 11.7. The number of carbonyl (C=O) groups excluding carboxylic acids is 1. The summed E-state index contributed by atoms with van der Waals surface area (Å²) in [5.74, 6) is -0.509. The van der Waals surface area contributed by atoms with E-state index in [0.29, 0.717) is 23.1 Å². The maximum atomic E-state index is 14.0. The van der Waals surface area contributed by atoms with Crippen molar-refractivity contribution in [3.63, 3.8) is 0 Å². The van der Waals surface area contributed by atoms with Gasteiger partial charge in [0.05, 0.1) is 17.0 Å². The maximum Gasteiger partial charge on any atom is 0.297 e. The van der Waals surface area contributed by atoms with Gasteiger partial charge >= 0.3 is 0 Å². The van der Waals surface area contributed by atoms with E-state index in [1.165, 1.54) is 28.4 Å². The molecule has 0 saturated heterocycles. The smallest absolute Gasteiger partial charge is 0.297 e. The Morgan fingerprint density at radius 1 is 1.03 bits per heavy atom. The van der Waals surface area contributed by atoms with E-state index in [-0.39, 0.29) is 22.3 Å². The highest BCUT2D eigenvalue weighted by atomic mass is 32.1. The molecule has 0 aliphatic carbocycles. The maximum absolute atomic E-state index is 14.0. The Morgan fingerprint density at radius 3 is 2.69 bits per heavy atom. The van der Waals surface area contributed by atoms with E-state index < -0.39 is 23.2 Å². The molecule has 5 aromatic rings. The Kier molecular flexibility index (Phi) is 5.15. The molecule has 0 radical (unpaired) electrons. The van der Waals surface area contributed by atoms with Gasteiger partial charge in [-0.15, -0.1) is 11.3 Å². The lowest BCUT2D eigenvalue weighted by molar-refractivity contribution is 0.0971. The summed E-state index contributed by atoms with van der Waals surface area (Å²) >= 11 is 1.28. The number of fused-ring (bicyclic) bond motifs is 2. The lowest BCUT2D eigenvalue weighted by Gasteiger charge is -2.23. The molecule has 1 amide bonds. The summed E-state index contributed by atoms with van der Waals surface area (Å²) in [5.41, 5.74) is 1.53. The lowest BCUT2D eigenvalue weighted by Crippen LogP contribution is -2.29. The highest BCUT2D eigenvalue weighted by Gasteiger charge is 2.44.